The molecule has 0 saturated heterocycles. The molecule has 0 aliphatic carbocycles. The summed E-state index contributed by atoms with van der Waals surface area (Å²) in [6.07, 6.45) is 3.81. The number of hydrogen-bond acceptors (Lipinski definition) is 5. The lowest BCUT2D eigenvalue weighted by Gasteiger charge is -2.19. The van der Waals surface area contributed by atoms with Crippen molar-refractivity contribution in [3.8, 4) is 0 Å². The zero-order chi connectivity index (χ0) is 16.7. The number of amides is 1. The number of aromatic nitrogens is 3. The van der Waals surface area contributed by atoms with Gasteiger partial charge in [-0.1, -0.05) is 0 Å². The van der Waals surface area contributed by atoms with E-state index in [4.69, 9.17) is 0 Å². The molecule has 0 bridgehead atoms. The van der Waals surface area contributed by atoms with E-state index >= 15 is 0 Å². The van der Waals surface area contributed by atoms with Crippen LogP contribution in [0.15, 0.2) is 34.7 Å². The normalized spacial score (nSPS) is 14.5. The lowest BCUT2D eigenvalue weighted by atomic mass is 10.2. The Labute approximate surface area is 142 Å². The molecule has 122 valence electrons. The minimum Gasteiger partial charge on any atom is -0.336 e. The Morgan fingerprint density at radius 1 is 1.21 bits per heavy atom. The van der Waals surface area contributed by atoms with E-state index in [1.807, 2.05) is 12.3 Å². The van der Waals surface area contributed by atoms with Crippen LogP contribution >= 0.6 is 11.3 Å². The van der Waals surface area contributed by atoms with Crippen LogP contribution in [0.1, 0.15) is 21.7 Å². The van der Waals surface area contributed by atoms with Gasteiger partial charge in [-0.15, -0.1) is 11.3 Å². The number of hydrogen-bond donors (Lipinski definition) is 0. The predicted octanol–water partition coefficient (Wildman–Crippen LogP) is 1.86. The van der Waals surface area contributed by atoms with Gasteiger partial charge in [0.25, 0.3) is 11.5 Å². The van der Waals surface area contributed by atoms with Gasteiger partial charge < -0.3 is 4.90 Å². The van der Waals surface area contributed by atoms with Crippen LogP contribution in [0, 0.1) is 6.92 Å². The first kappa shape index (κ1) is 15.0. The summed E-state index contributed by atoms with van der Waals surface area (Å²) in [5, 5.41) is 2.68. The molecule has 4 rings (SSSR count). The molecule has 3 aromatic heterocycles. The molecular weight excluding hydrogens is 324 g/mol. The SMILES string of the molecule is Cc1csc2nc3n(c(=O)c12)CCN(C(=O)c1ccncc1)CC3. The van der Waals surface area contributed by atoms with E-state index in [2.05, 4.69) is 9.97 Å². The molecule has 0 radical (unpaired) electrons. The largest absolute Gasteiger partial charge is 0.336 e. The van der Waals surface area contributed by atoms with Gasteiger partial charge in [0.2, 0.25) is 0 Å². The number of nitrogens with zero attached hydrogens (tertiary/aromatic N) is 4. The molecule has 0 saturated carbocycles. The highest BCUT2D eigenvalue weighted by atomic mass is 32.1. The van der Waals surface area contributed by atoms with Crippen molar-refractivity contribution in [2.24, 2.45) is 0 Å². The summed E-state index contributed by atoms with van der Waals surface area (Å²) in [5.74, 6) is 0.732. The lowest BCUT2D eigenvalue weighted by molar-refractivity contribution is 0.0759. The standard InChI is InChI=1S/C17H16N4O2S/c1-11-10-24-15-14(11)17(23)21-9-8-20(7-4-13(21)19-15)16(22)12-2-5-18-6-3-12/h2-3,5-6,10H,4,7-9H2,1H3. The van der Waals surface area contributed by atoms with Gasteiger partial charge in [0.1, 0.15) is 10.7 Å². The number of rotatable bonds is 1. The minimum absolute atomic E-state index is 0.00644. The monoisotopic (exact) mass is 340 g/mol. The molecule has 24 heavy (non-hydrogen) atoms. The van der Waals surface area contributed by atoms with Gasteiger partial charge in [0.05, 0.1) is 5.39 Å². The lowest BCUT2D eigenvalue weighted by Crippen LogP contribution is -2.34. The van der Waals surface area contributed by atoms with Crippen LogP contribution < -0.4 is 5.56 Å². The fourth-order valence-corrected chi connectivity index (χ4v) is 4.00. The second-order valence-corrected chi connectivity index (χ2v) is 6.72. The van der Waals surface area contributed by atoms with E-state index in [-0.39, 0.29) is 11.5 Å². The van der Waals surface area contributed by atoms with Crippen LogP contribution in [0.4, 0.5) is 0 Å². The fraction of sp³-hybridized carbons (Fsp3) is 0.294. The number of aryl methyl sites for hydroxylation is 1. The van der Waals surface area contributed by atoms with Crippen LogP contribution in [-0.4, -0.2) is 38.4 Å². The first-order chi connectivity index (χ1) is 11.6. The minimum atomic E-state index is -0.0313. The van der Waals surface area contributed by atoms with Gasteiger partial charge in [-0.3, -0.25) is 19.1 Å². The third kappa shape index (κ3) is 2.41. The zero-order valence-electron chi connectivity index (χ0n) is 13.2. The van der Waals surface area contributed by atoms with Crippen molar-refractivity contribution in [3.05, 3.63) is 57.2 Å². The molecule has 0 unspecified atom stereocenters. The van der Waals surface area contributed by atoms with E-state index in [0.717, 1.165) is 16.2 Å². The van der Waals surface area contributed by atoms with E-state index in [9.17, 15) is 9.59 Å². The molecule has 0 aromatic carbocycles. The summed E-state index contributed by atoms with van der Waals surface area (Å²) in [6, 6.07) is 3.42. The number of thiophene rings is 1. The summed E-state index contributed by atoms with van der Waals surface area (Å²) >= 11 is 1.50. The molecule has 0 atom stereocenters. The van der Waals surface area contributed by atoms with Crippen molar-refractivity contribution >= 4 is 27.5 Å². The maximum Gasteiger partial charge on any atom is 0.262 e. The quantitative estimate of drug-likeness (QED) is 0.678. The highest BCUT2D eigenvalue weighted by Gasteiger charge is 2.22. The van der Waals surface area contributed by atoms with Crippen molar-refractivity contribution in [1.29, 1.82) is 0 Å². The van der Waals surface area contributed by atoms with Crippen LogP contribution in [-0.2, 0) is 13.0 Å². The molecule has 6 nitrogen and oxygen atoms in total. The van der Waals surface area contributed by atoms with Gasteiger partial charge in [0, 0.05) is 44.0 Å². The average molecular weight is 340 g/mol. The Kier molecular flexibility index (Phi) is 3.65. The Balaban J connectivity index is 1.67. The molecule has 1 amide bonds. The molecule has 1 aliphatic rings. The third-order valence-electron chi connectivity index (χ3n) is 4.37. The third-order valence-corrected chi connectivity index (χ3v) is 5.36. The molecule has 0 fully saturated rings. The zero-order valence-corrected chi connectivity index (χ0v) is 14.0. The maximum atomic E-state index is 12.8. The average Bonchev–Trinajstić information content (AvgIpc) is 2.84. The van der Waals surface area contributed by atoms with Crippen LogP contribution in [0.25, 0.3) is 10.2 Å². The summed E-state index contributed by atoms with van der Waals surface area (Å²) in [6.45, 7) is 3.47. The molecule has 0 spiro atoms. The summed E-state index contributed by atoms with van der Waals surface area (Å²) in [4.78, 5) is 36.6. The van der Waals surface area contributed by atoms with Crippen LogP contribution in [0.3, 0.4) is 0 Å². The number of fused-ring (bicyclic) bond motifs is 2. The van der Waals surface area contributed by atoms with Crippen molar-refractivity contribution in [1.82, 2.24) is 19.4 Å². The molecule has 3 aromatic rings. The molecule has 7 heteroatoms. The van der Waals surface area contributed by atoms with Crippen molar-refractivity contribution in [3.63, 3.8) is 0 Å². The molecule has 1 aliphatic heterocycles. The van der Waals surface area contributed by atoms with E-state index in [1.54, 1.807) is 34.0 Å². The Morgan fingerprint density at radius 3 is 2.79 bits per heavy atom. The fourth-order valence-electron chi connectivity index (χ4n) is 3.07. The number of pyridine rings is 1. The number of carbonyl (C=O) groups excluding carboxylic acids is 1. The van der Waals surface area contributed by atoms with E-state index in [1.165, 1.54) is 11.3 Å². The molecular formula is C17H16N4O2S. The van der Waals surface area contributed by atoms with Gasteiger partial charge >= 0.3 is 0 Å². The van der Waals surface area contributed by atoms with Gasteiger partial charge in [-0.05, 0) is 30.0 Å². The topological polar surface area (TPSA) is 68.1 Å². The van der Waals surface area contributed by atoms with Crippen molar-refractivity contribution in [2.45, 2.75) is 19.9 Å². The van der Waals surface area contributed by atoms with Gasteiger partial charge in [0.15, 0.2) is 0 Å². The smallest absolute Gasteiger partial charge is 0.262 e. The Hall–Kier alpha value is -2.54. The maximum absolute atomic E-state index is 12.8. The van der Waals surface area contributed by atoms with E-state index < -0.39 is 0 Å². The van der Waals surface area contributed by atoms with Crippen molar-refractivity contribution in [2.75, 3.05) is 13.1 Å². The Morgan fingerprint density at radius 2 is 2.00 bits per heavy atom. The molecule has 0 N–H and O–H groups in total. The first-order valence-electron chi connectivity index (χ1n) is 7.82. The highest BCUT2D eigenvalue weighted by molar-refractivity contribution is 7.16. The number of carbonyl (C=O) groups is 1. The predicted molar refractivity (Wildman–Crippen MR) is 92.5 cm³/mol. The van der Waals surface area contributed by atoms with Crippen LogP contribution in [0.5, 0.6) is 0 Å². The summed E-state index contributed by atoms with van der Waals surface area (Å²) in [7, 11) is 0. The second-order valence-electron chi connectivity index (χ2n) is 5.86. The second kappa shape index (κ2) is 5.83. The van der Waals surface area contributed by atoms with Crippen molar-refractivity contribution < 1.29 is 4.79 Å². The van der Waals surface area contributed by atoms with Gasteiger partial charge in [-0.2, -0.15) is 0 Å². The van der Waals surface area contributed by atoms with E-state index in [0.29, 0.717) is 37.0 Å². The Bertz CT molecular complexity index is 977. The highest BCUT2D eigenvalue weighted by Crippen LogP contribution is 2.21. The molecule has 4 heterocycles. The van der Waals surface area contributed by atoms with Crippen LogP contribution in [0.2, 0.25) is 0 Å². The van der Waals surface area contributed by atoms with Gasteiger partial charge in [-0.25, -0.2) is 4.98 Å². The summed E-state index contributed by atoms with van der Waals surface area (Å²) < 4.78 is 1.72. The summed E-state index contributed by atoms with van der Waals surface area (Å²) in [5.41, 5.74) is 1.59. The first-order valence-corrected chi connectivity index (χ1v) is 8.70.